The maximum atomic E-state index is 11.6. The van der Waals surface area contributed by atoms with E-state index < -0.39 is 11.9 Å². The molecule has 0 saturated carbocycles. The van der Waals surface area contributed by atoms with Gasteiger partial charge in [0.25, 0.3) is 0 Å². The summed E-state index contributed by atoms with van der Waals surface area (Å²) in [6.07, 6.45) is 3.32. The summed E-state index contributed by atoms with van der Waals surface area (Å²) in [5, 5.41) is 3.09. The molecule has 0 aliphatic rings. The molecule has 3 N–H and O–H groups in total. The number of pyridine rings is 1. The second-order valence-corrected chi connectivity index (χ2v) is 5.20. The van der Waals surface area contributed by atoms with Crippen LogP contribution >= 0.6 is 15.9 Å². The Morgan fingerprint density at radius 2 is 2.00 bits per heavy atom. The fraction of sp³-hybridized carbons (Fsp3) is 0.143. The van der Waals surface area contributed by atoms with Gasteiger partial charge < -0.3 is 11.1 Å². The zero-order chi connectivity index (χ0) is 13.8. The fourth-order valence-electron chi connectivity index (χ4n) is 1.74. The highest BCUT2D eigenvalue weighted by atomic mass is 79.9. The van der Waals surface area contributed by atoms with E-state index in [0.717, 1.165) is 21.3 Å². The number of primary amides is 1. The van der Waals surface area contributed by atoms with Crippen molar-refractivity contribution in [2.24, 2.45) is 5.73 Å². The van der Waals surface area contributed by atoms with Gasteiger partial charge in [-0.25, -0.2) is 0 Å². The molecule has 0 spiro atoms. The quantitative estimate of drug-likeness (QED) is 0.910. The summed E-state index contributed by atoms with van der Waals surface area (Å²) >= 11 is 3.34. The van der Waals surface area contributed by atoms with Crippen molar-refractivity contribution in [2.45, 2.75) is 13.0 Å². The number of rotatable bonds is 4. The lowest BCUT2D eigenvalue weighted by Gasteiger charge is -2.17. The minimum atomic E-state index is -0.573. The van der Waals surface area contributed by atoms with Crippen LogP contribution in [0.3, 0.4) is 0 Å². The molecule has 0 bridgehead atoms. The van der Waals surface area contributed by atoms with Gasteiger partial charge in [0.05, 0.1) is 11.9 Å². The zero-order valence-corrected chi connectivity index (χ0v) is 12.0. The summed E-state index contributed by atoms with van der Waals surface area (Å²) in [5.41, 5.74) is 8.16. The maximum Gasteiger partial charge on any atom is 0.244 e. The monoisotopic (exact) mass is 319 g/mol. The Kier molecular flexibility index (Phi) is 4.16. The highest BCUT2D eigenvalue weighted by Crippen LogP contribution is 2.21. The minimum Gasteiger partial charge on any atom is -0.369 e. The Hall–Kier alpha value is -1.88. The molecule has 0 radical (unpaired) electrons. The Balaban J connectivity index is 2.26. The van der Waals surface area contributed by atoms with Crippen LogP contribution in [0.4, 0.5) is 5.69 Å². The third-order valence-electron chi connectivity index (χ3n) is 2.71. The highest BCUT2D eigenvalue weighted by molar-refractivity contribution is 9.10. The number of aromatic nitrogens is 1. The van der Waals surface area contributed by atoms with Gasteiger partial charge in [-0.15, -0.1) is 0 Å². The van der Waals surface area contributed by atoms with Crippen molar-refractivity contribution in [1.82, 2.24) is 4.98 Å². The lowest BCUT2D eigenvalue weighted by molar-refractivity contribution is -0.118. The van der Waals surface area contributed by atoms with Gasteiger partial charge in [0.15, 0.2) is 0 Å². The summed E-state index contributed by atoms with van der Waals surface area (Å²) < 4.78 is 0.838. The number of halogens is 1. The molecular formula is C14H14BrN3O. The number of nitrogens with one attached hydrogen (secondary N) is 1. The van der Waals surface area contributed by atoms with Gasteiger partial charge in [0.2, 0.25) is 5.91 Å². The van der Waals surface area contributed by atoms with Crippen LogP contribution in [0.25, 0.3) is 0 Å². The van der Waals surface area contributed by atoms with Crippen molar-refractivity contribution in [3.63, 3.8) is 0 Å². The molecule has 0 aliphatic carbocycles. The van der Waals surface area contributed by atoms with Crippen LogP contribution in [0, 0.1) is 6.92 Å². The van der Waals surface area contributed by atoms with E-state index in [4.69, 9.17) is 5.73 Å². The first-order valence-corrected chi connectivity index (χ1v) is 6.58. The molecular weight excluding hydrogens is 306 g/mol. The average Bonchev–Trinajstić information content (AvgIpc) is 2.37. The van der Waals surface area contributed by atoms with E-state index in [9.17, 15) is 4.79 Å². The summed E-state index contributed by atoms with van der Waals surface area (Å²) in [6.45, 7) is 1.99. The highest BCUT2D eigenvalue weighted by Gasteiger charge is 2.17. The second-order valence-electron chi connectivity index (χ2n) is 4.28. The van der Waals surface area contributed by atoms with Crippen LogP contribution in [0.2, 0.25) is 0 Å². The smallest absolute Gasteiger partial charge is 0.244 e. The maximum absolute atomic E-state index is 11.6. The molecule has 0 fully saturated rings. The number of anilines is 1. The van der Waals surface area contributed by atoms with E-state index >= 15 is 0 Å². The number of carbonyl (C=O) groups excluding carboxylic acids is 1. The summed E-state index contributed by atoms with van der Waals surface area (Å²) in [5.74, 6) is -0.427. The van der Waals surface area contributed by atoms with E-state index in [2.05, 4.69) is 26.2 Å². The first-order valence-electron chi connectivity index (χ1n) is 5.79. The lowest BCUT2D eigenvalue weighted by atomic mass is 10.0. The Bertz CT molecular complexity index is 583. The molecule has 2 aromatic rings. The average molecular weight is 320 g/mol. The molecule has 4 nitrogen and oxygen atoms in total. The first kappa shape index (κ1) is 13.5. The molecule has 5 heteroatoms. The van der Waals surface area contributed by atoms with Crippen molar-refractivity contribution in [2.75, 3.05) is 5.32 Å². The van der Waals surface area contributed by atoms with E-state index in [1.807, 2.05) is 37.3 Å². The zero-order valence-electron chi connectivity index (χ0n) is 10.4. The first-order chi connectivity index (χ1) is 9.06. The molecule has 2 rings (SSSR count). The number of aryl methyl sites for hydroxylation is 1. The normalized spacial score (nSPS) is 11.9. The van der Waals surface area contributed by atoms with Gasteiger partial charge in [-0.3, -0.25) is 9.78 Å². The number of carbonyl (C=O) groups is 1. The number of benzene rings is 1. The van der Waals surface area contributed by atoms with E-state index in [1.165, 1.54) is 0 Å². The fourth-order valence-corrected chi connectivity index (χ4v) is 2.10. The SMILES string of the molecule is Cc1ccc([C@H](Nc2cncc(Br)c2)C(N)=O)cc1. The van der Waals surface area contributed by atoms with E-state index in [1.54, 1.807) is 12.4 Å². The van der Waals surface area contributed by atoms with Crippen molar-refractivity contribution in [3.8, 4) is 0 Å². The Morgan fingerprint density at radius 1 is 1.32 bits per heavy atom. The molecule has 1 amide bonds. The van der Waals surface area contributed by atoms with E-state index in [-0.39, 0.29) is 0 Å². The molecule has 0 saturated heterocycles. The second kappa shape index (κ2) is 5.84. The Morgan fingerprint density at radius 3 is 2.58 bits per heavy atom. The van der Waals surface area contributed by atoms with Crippen LogP contribution in [-0.4, -0.2) is 10.9 Å². The number of hydrogen-bond acceptors (Lipinski definition) is 3. The van der Waals surface area contributed by atoms with Gasteiger partial charge in [0.1, 0.15) is 6.04 Å². The largest absolute Gasteiger partial charge is 0.369 e. The molecule has 1 heterocycles. The molecule has 1 aromatic carbocycles. The number of hydrogen-bond donors (Lipinski definition) is 2. The molecule has 1 atom stereocenters. The molecule has 1 aromatic heterocycles. The van der Waals surface area contributed by atoms with Crippen LogP contribution in [0.1, 0.15) is 17.2 Å². The minimum absolute atomic E-state index is 0.427. The van der Waals surface area contributed by atoms with Gasteiger partial charge >= 0.3 is 0 Å². The van der Waals surface area contributed by atoms with E-state index in [0.29, 0.717) is 0 Å². The van der Waals surface area contributed by atoms with Gasteiger partial charge in [-0.2, -0.15) is 0 Å². The standard InChI is InChI=1S/C14H14BrN3O/c1-9-2-4-10(5-3-9)13(14(16)19)18-12-6-11(15)7-17-8-12/h2-8,13,18H,1H3,(H2,16,19)/t13-/m0/s1. The summed E-state index contributed by atoms with van der Waals surface area (Å²) in [4.78, 5) is 15.6. The van der Waals surface area contributed by atoms with Crippen LogP contribution in [0.15, 0.2) is 47.2 Å². The molecule has 98 valence electrons. The topological polar surface area (TPSA) is 68.0 Å². The number of nitrogens with two attached hydrogens (primary N) is 1. The van der Waals surface area contributed by atoms with Crippen LogP contribution < -0.4 is 11.1 Å². The lowest BCUT2D eigenvalue weighted by Crippen LogP contribution is -2.27. The van der Waals surface area contributed by atoms with Gasteiger partial charge in [-0.1, -0.05) is 29.8 Å². The predicted molar refractivity (Wildman–Crippen MR) is 78.7 cm³/mol. The van der Waals surface area contributed by atoms with Crippen molar-refractivity contribution in [1.29, 1.82) is 0 Å². The number of nitrogens with zero attached hydrogens (tertiary/aromatic N) is 1. The van der Waals surface area contributed by atoms with Gasteiger partial charge in [0, 0.05) is 10.7 Å². The molecule has 0 unspecified atom stereocenters. The summed E-state index contributed by atoms with van der Waals surface area (Å²) in [7, 11) is 0. The Labute approximate surface area is 120 Å². The summed E-state index contributed by atoms with van der Waals surface area (Å²) in [6, 6.07) is 8.96. The third-order valence-corrected chi connectivity index (χ3v) is 3.14. The van der Waals surface area contributed by atoms with Crippen LogP contribution in [0.5, 0.6) is 0 Å². The van der Waals surface area contributed by atoms with Crippen molar-refractivity contribution >= 4 is 27.5 Å². The van der Waals surface area contributed by atoms with Crippen molar-refractivity contribution in [3.05, 3.63) is 58.3 Å². The van der Waals surface area contributed by atoms with Gasteiger partial charge in [-0.05, 0) is 34.5 Å². The van der Waals surface area contributed by atoms with Crippen LogP contribution in [-0.2, 0) is 4.79 Å². The molecule has 0 aliphatic heterocycles. The van der Waals surface area contributed by atoms with Crippen molar-refractivity contribution < 1.29 is 4.79 Å². The molecule has 19 heavy (non-hydrogen) atoms. The third kappa shape index (κ3) is 3.54. The number of amides is 1. The predicted octanol–water partition coefficient (Wildman–Crippen LogP) is 2.79.